The molecule has 5 nitrogen and oxygen atoms in total. The number of aliphatic carboxylic acids is 1. The second-order valence-electron chi connectivity index (χ2n) is 4.92. The minimum atomic E-state index is -0.911. The molecule has 0 fully saturated rings. The summed E-state index contributed by atoms with van der Waals surface area (Å²) in [6.45, 7) is 3.48. The number of rotatable bonds is 6. The molecule has 0 bridgehead atoms. The van der Waals surface area contributed by atoms with Crippen LogP contribution in [0, 0.1) is 0 Å². The van der Waals surface area contributed by atoms with Gasteiger partial charge in [-0.2, -0.15) is 0 Å². The lowest BCUT2D eigenvalue weighted by molar-refractivity contribution is -0.143. The number of hydrogen-bond acceptors (Lipinski definition) is 3. The highest BCUT2D eigenvalue weighted by atomic mass is 16.4. The van der Waals surface area contributed by atoms with Crippen LogP contribution in [0.3, 0.4) is 0 Å². The fourth-order valence-corrected chi connectivity index (χ4v) is 1.68. The first-order valence-corrected chi connectivity index (χ1v) is 5.84. The zero-order valence-electron chi connectivity index (χ0n) is 11.0. The quantitative estimate of drug-likeness (QED) is 0.840. The predicted octanol–water partition coefficient (Wildman–Crippen LogP) is 1.92. The molecule has 1 rings (SSSR count). The molecule has 0 aromatic carbocycles. The molecule has 0 aliphatic heterocycles. The third kappa shape index (κ3) is 3.91. The van der Waals surface area contributed by atoms with Crippen LogP contribution in [-0.4, -0.2) is 34.5 Å². The minimum Gasteiger partial charge on any atom is -0.481 e. The van der Waals surface area contributed by atoms with Crippen LogP contribution in [0.25, 0.3) is 0 Å². The Labute approximate surface area is 106 Å². The molecule has 1 amide bonds. The van der Waals surface area contributed by atoms with Crippen LogP contribution < -0.4 is 0 Å². The summed E-state index contributed by atoms with van der Waals surface area (Å²) in [7, 11) is 1.63. The Kier molecular flexibility index (Phi) is 4.53. The maximum absolute atomic E-state index is 12.0. The molecule has 5 heteroatoms. The van der Waals surface area contributed by atoms with Gasteiger partial charge >= 0.3 is 5.97 Å². The summed E-state index contributed by atoms with van der Waals surface area (Å²) in [5.74, 6) is -0.240. The maximum atomic E-state index is 12.0. The predicted molar refractivity (Wildman–Crippen MR) is 66.1 cm³/mol. The number of carboxylic acids is 1. The molecule has 1 heterocycles. The largest absolute Gasteiger partial charge is 0.481 e. The van der Waals surface area contributed by atoms with Gasteiger partial charge in [-0.05, 0) is 26.0 Å². The highest BCUT2D eigenvalue weighted by Gasteiger charge is 2.29. The van der Waals surface area contributed by atoms with Gasteiger partial charge in [-0.3, -0.25) is 9.59 Å². The fourth-order valence-electron chi connectivity index (χ4n) is 1.68. The van der Waals surface area contributed by atoms with E-state index in [-0.39, 0.29) is 12.3 Å². The standard InChI is InChI=1S/C13H19NO4/c1-13(2,9-12(16)17)14(3)11(15)7-6-10-5-4-8-18-10/h4-5,8H,6-7,9H2,1-3H3,(H,16,17). The van der Waals surface area contributed by atoms with Crippen LogP contribution >= 0.6 is 0 Å². The average molecular weight is 253 g/mol. The molecule has 0 saturated heterocycles. The molecule has 0 aliphatic rings. The van der Waals surface area contributed by atoms with Gasteiger partial charge in [-0.15, -0.1) is 0 Å². The highest BCUT2D eigenvalue weighted by Crippen LogP contribution is 2.18. The maximum Gasteiger partial charge on any atom is 0.305 e. The van der Waals surface area contributed by atoms with Crippen molar-refractivity contribution in [3.63, 3.8) is 0 Å². The second kappa shape index (κ2) is 5.71. The summed E-state index contributed by atoms with van der Waals surface area (Å²) < 4.78 is 5.15. The Bertz CT molecular complexity index is 409. The van der Waals surface area contributed by atoms with Gasteiger partial charge in [-0.1, -0.05) is 0 Å². The van der Waals surface area contributed by atoms with Gasteiger partial charge in [0, 0.05) is 25.4 Å². The molecule has 1 aromatic rings. The molecule has 0 aliphatic carbocycles. The smallest absolute Gasteiger partial charge is 0.305 e. The summed E-state index contributed by atoms with van der Waals surface area (Å²) >= 11 is 0. The van der Waals surface area contributed by atoms with Gasteiger partial charge in [0.1, 0.15) is 5.76 Å². The van der Waals surface area contributed by atoms with Crippen molar-refractivity contribution in [3.8, 4) is 0 Å². The molecule has 0 saturated carbocycles. The summed E-state index contributed by atoms with van der Waals surface area (Å²) in [4.78, 5) is 24.2. The van der Waals surface area contributed by atoms with Crippen molar-refractivity contribution < 1.29 is 19.1 Å². The number of amides is 1. The molecule has 0 atom stereocenters. The van der Waals surface area contributed by atoms with Crippen LogP contribution in [0.1, 0.15) is 32.4 Å². The van der Waals surface area contributed by atoms with Crippen molar-refractivity contribution >= 4 is 11.9 Å². The van der Waals surface area contributed by atoms with Gasteiger partial charge in [0.25, 0.3) is 0 Å². The van der Waals surface area contributed by atoms with Crippen molar-refractivity contribution in [2.24, 2.45) is 0 Å². The molecule has 0 unspecified atom stereocenters. The number of aryl methyl sites for hydroxylation is 1. The summed E-state index contributed by atoms with van der Waals surface area (Å²) in [6, 6.07) is 3.59. The van der Waals surface area contributed by atoms with Crippen molar-refractivity contribution in [1.82, 2.24) is 4.90 Å². The molecule has 18 heavy (non-hydrogen) atoms. The third-order valence-corrected chi connectivity index (χ3v) is 3.03. The van der Waals surface area contributed by atoms with E-state index in [0.29, 0.717) is 12.8 Å². The first-order valence-electron chi connectivity index (χ1n) is 5.84. The molecule has 0 radical (unpaired) electrons. The van der Waals surface area contributed by atoms with E-state index in [1.807, 2.05) is 6.07 Å². The second-order valence-corrected chi connectivity index (χ2v) is 4.92. The van der Waals surface area contributed by atoms with E-state index in [4.69, 9.17) is 9.52 Å². The number of hydrogen-bond donors (Lipinski definition) is 1. The fraction of sp³-hybridized carbons (Fsp3) is 0.538. The normalized spacial score (nSPS) is 11.3. The average Bonchev–Trinajstić information content (AvgIpc) is 2.75. The Morgan fingerprint density at radius 1 is 1.44 bits per heavy atom. The third-order valence-electron chi connectivity index (χ3n) is 3.03. The number of furan rings is 1. The molecule has 1 N–H and O–H groups in total. The number of carbonyl (C=O) groups is 2. The van der Waals surface area contributed by atoms with E-state index in [1.165, 1.54) is 4.90 Å². The van der Waals surface area contributed by atoms with Crippen molar-refractivity contribution in [2.75, 3.05) is 7.05 Å². The van der Waals surface area contributed by atoms with Crippen LogP contribution in [0.15, 0.2) is 22.8 Å². The lowest BCUT2D eigenvalue weighted by Crippen LogP contribution is -2.46. The van der Waals surface area contributed by atoms with Crippen LogP contribution in [0.4, 0.5) is 0 Å². The van der Waals surface area contributed by atoms with E-state index in [1.54, 1.807) is 33.2 Å². The van der Waals surface area contributed by atoms with E-state index < -0.39 is 11.5 Å². The summed E-state index contributed by atoms with van der Waals surface area (Å²) in [5.41, 5.74) is -0.688. The SMILES string of the molecule is CN(C(=O)CCc1ccco1)C(C)(C)CC(=O)O. The topological polar surface area (TPSA) is 70.8 Å². The van der Waals surface area contributed by atoms with E-state index in [0.717, 1.165) is 5.76 Å². The molecule has 1 aromatic heterocycles. The first-order chi connectivity index (χ1) is 8.33. The molecule has 100 valence electrons. The molecular weight excluding hydrogens is 234 g/mol. The monoisotopic (exact) mass is 253 g/mol. The Balaban J connectivity index is 2.52. The van der Waals surface area contributed by atoms with Crippen molar-refractivity contribution in [2.45, 2.75) is 38.6 Å². The Morgan fingerprint density at radius 3 is 2.61 bits per heavy atom. The number of carbonyl (C=O) groups excluding carboxylic acids is 1. The highest BCUT2D eigenvalue weighted by molar-refractivity contribution is 5.78. The van der Waals surface area contributed by atoms with Gasteiger partial charge < -0.3 is 14.4 Å². The van der Waals surface area contributed by atoms with Crippen LogP contribution in [0.2, 0.25) is 0 Å². The Morgan fingerprint density at radius 2 is 2.11 bits per heavy atom. The number of carboxylic acid groups (broad SMARTS) is 1. The summed E-state index contributed by atoms with van der Waals surface area (Å²) in [6.07, 6.45) is 2.33. The first kappa shape index (κ1) is 14.3. The van der Waals surface area contributed by atoms with Gasteiger partial charge in [0.2, 0.25) is 5.91 Å². The zero-order chi connectivity index (χ0) is 13.8. The lowest BCUT2D eigenvalue weighted by atomic mass is 9.98. The zero-order valence-corrected chi connectivity index (χ0v) is 11.0. The Hall–Kier alpha value is -1.78. The van der Waals surface area contributed by atoms with Crippen LogP contribution in [-0.2, 0) is 16.0 Å². The van der Waals surface area contributed by atoms with E-state index >= 15 is 0 Å². The lowest BCUT2D eigenvalue weighted by Gasteiger charge is -2.34. The van der Waals surface area contributed by atoms with Gasteiger partial charge in [0.15, 0.2) is 0 Å². The van der Waals surface area contributed by atoms with Gasteiger partial charge in [0.05, 0.1) is 12.7 Å². The van der Waals surface area contributed by atoms with Crippen molar-refractivity contribution in [3.05, 3.63) is 24.2 Å². The molecular formula is C13H19NO4. The van der Waals surface area contributed by atoms with Crippen LogP contribution in [0.5, 0.6) is 0 Å². The minimum absolute atomic E-state index is 0.0734. The number of nitrogens with zero attached hydrogens (tertiary/aromatic N) is 1. The van der Waals surface area contributed by atoms with Crippen molar-refractivity contribution in [1.29, 1.82) is 0 Å². The summed E-state index contributed by atoms with van der Waals surface area (Å²) in [5, 5.41) is 8.81. The molecule has 0 spiro atoms. The van der Waals surface area contributed by atoms with E-state index in [9.17, 15) is 9.59 Å². The van der Waals surface area contributed by atoms with Gasteiger partial charge in [-0.25, -0.2) is 0 Å². The van der Waals surface area contributed by atoms with E-state index in [2.05, 4.69) is 0 Å².